The molecule has 1 aromatic rings. The average molecular weight is 234 g/mol. The van der Waals surface area contributed by atoms with Crippen molar-refractivity contribution in [2.24, 2.45) is 17.6 Å². The number of pyridine rings is 1. The van der Waals surface area contributed by atoms with Crippen molar-refractivity contribution in [2.75, 3.05) is 7.11 Å². The van der Waals surface area contributed by atoms with Crippen LogP contribution in [0.3, 0.4) is 0 Å². The van der Waals surface area contributed by atoms with Gasteiger partial charge in [-0.05, 0) is 32.1 Å². The summed E-state index contributed by atoms with van der Waals surface area (Å²) in [5.74, 6) is 2.42. The number of nitrogens with zero attached hydrogens (tertiary/aromatic N) is 1. The number of hydrogen-bond donors (Lipinski definition) is 1. The molecule has 0 aromatic carbocycles. The van der Waals surface area contributed by atoms with Gasteiger partial charge in [0.2, 0.25) is 0 Å². The van der Waals surface area contributed by atoms with Crippen LogP contribution in [0.15, 0.2) is 6.20 Å². The van der Waals surface area contributed by atoms with Gasteiger partial charge in [0.1, 0.15) is 5.75 Å². The van der Waals surface area contributed by atoms with E-state index >= 15 is 0 Å². The molecule has 0 bridgehead atoms. The van der Waals surface area contributed by atoms with Crippen LogP contribution < -0.4 is 10.5 Å². The number of aromatic nitrogens is 1. The molecule has 1 aliphatic rings. The van der Waals surface area contributed by atoms with Crippen LogP contribution in [0.5, 0.6) is 5.75 Å². The van der Waals surface area contributed by atoms with Gasteiger partial charge in [-0.1, -0.05) is 6.92 Å². The smallest absolute Gasteiger partial charge is 0.128 e. The first-order chi connectivity index (χ1) is 8.04. The first-order valence-electron chi connectivity index (χ1n) is 6.29. The third-order valence-electron chi connectivity index (χ3n) is 3.90. The molecule has 1 saturated carbocycles. The Hall–Kier alpha value is -1.09. The van der Waals surface area contributed by atoms with Gasteiger partial charge in [-0.15, -0.1) is 0 Å². The van der Waals surface area contributed by atoms with E-state index in [1.54, 1.807) is 7.11 Å². The van der Waals surface area contributed by atoms with E-state index in [-0.39, 0.29) is 6.04 Å². The molecular weight excluding hydrogens is 212 g/mol. The summed E-state index contributed by atoms with van der Waals surface area (Å²) in [6.07, 6.45) is 4.00. The van der Waals surface area contributed by atoms with Gasteiger partial charge >= 0.3 is 0 Å². The highest BCUT2D eigenvalue weighted by Gasteiger charge is 2.37. The largest absolute Gasteiger partial charge is 0.496 e. The molecule has 1 heterocycles. The Morgan fingerprint density at radius 3 is 2.71 bits per heavy atom. The van der Waals surface area contributed by atoms with Crippen molar-refractivity contribution in [3.05, 3.63) is 23.0 Å². The van der Waals surface area contributed by atoms with Gasteiger partial charge in [0, 0.05) is 35.5 Å². The molecule has 0 spiro atoms. The highest BCUT2D eigenvalue weighted by molar-refractivity contribution is 5.41. The number of rotatable bonds is 4. The van der Waals surface area contributed by atoms with Crippen LogP contribution in [0.2, 0.25) is 0 Å². The van der Waals surface area contributed by atoms with Gasteiger partial charge in [-0.25, -0.2) is 0 Å². The van der Waals surface area contributed by atoms with E-state index in [2.05, 4.69) is 18.8 Å². The van der Waals surface area contributed by atoms with Crippen LogP contribution in [0.1, 0.15) is 30.2 Å². The molecule has 0 radical (unpaired) electrons. The van der Waals surface area contributed by atoms with Crippen LogP contribution in [-0.2, 0) is 6.42 Å². The Morgan fingerprint density at radius 1 is 1.53 bits per heavy atom. The zero-order valence-corrected chi connectivity index (χ0v) is 11.2. The summed E-state index contributed by atoms with van der Waals surface area (Å²) in [6, 6.07) is 0.239. The Balaban J connectivity index is 2.16. The van der Waals surface area contributed by atoms with E-state index in [0.29, 0.717) is 5.92 Å². The third kappa shape index (κ3) is 2.44. The van der Waals surface area contributed by atoms with E-state index in [1.165, 1.54) is 6.42 Å². The lowest BCUT2D eigenvalue weighted by Gasteiger charge is -2.15. The minimum absolute atomic E-state index is 0.239. The molecule has 0 saturated heterocycles. The van der Waals surface area contributed by atoms with Crippen molar-refractivity contribution >= 4 is 0 Å². The molecule has 1 aliphatic carbocycles. The maximum absolute atomic E-state index is 6.22. The predicted molar refractivity (Wildman–Crippen MR) is 69.2 cm³/mol. The topological polar surface area (TPSA) is 48.1 Å². The summed E-state index contributed by atoms with van der Waals surface area (Å²) < 4.78 is 5.41. The summed E-state index contributed by atoms with van der Waals surface area (Å²) in [7, 11) is 1.71. The first-order valence-corrected chi connectivity index (χ1v) is 6.29. The van der Waals surface area contributed by atoms with Crippen LogP contribution in [-0.4, -0.2) is 18.1 Å². The van der Waals surface area contributed by atoms with E-state index in [9.17, 15) is 0 Å². The SMILES string of the molecule is COc1c(C)cnc(CC(N)C2CC2C)c1C. The third-order valence-corrected chi connectivity index (χ3v) is 3.90. The molecule has 17 heavy (non-hydrogen) atoms. The van der Waals surface area contributed by atoms with Gasteiger partial charge in [-0.2, -0.15) is 0 Å². The molecule has 94 valence electrons. The molecule has 3 unspecified atom stereocenters. The summed E-state index contributed by atoms with van der Waals surface area (Å²) in [5, 5.41) is 0. The normalized spacial score (nSPS) is 24.5. The van der Waals surface area contributed by atoms with E-state index in [4.69, 9.17) is 10.5 Å². The second-order valence-corrected chi connectivity index (χ2v) is 5.29. The lowest BCUT2D eigenvalue weighted by Crippen LogP contribution is -2.27. The molecule has 0 amide bonds. The molecular formula is C14H22N2O. The molecule has 1 fully saturated rings. The quantitative estimate of drug-likeness (QED) is 0.869. The molecule has 3 atom stereocenters. The number of hydrogen-bond acceptors (Lipinski definition) is 3. The maximum Gasteiger partial charge on any atom is 0.128 e. The summed E-state index contributed by atoms with van der Waals surface area (Å²) >= 11 is 0. The van der Waals surface area contributed by atoms with Gasteiger partial charge in [-0.3, -0.25) is 4.98 Å². The van der Waals surface area contributed by atoms with Gasteiger partial charge in [0.15, 0.2) is 0 Å². The average Bonchev–Trinajstić information content (AvgIpc) is 3.00. The van der Waals surface area contributed by atoms with Crippen LogP contribution in [0.4, 0.5) is 0 Å². The van der Waals surface area contributed by atoms with Crippen LogP contribution >= 0.6 is 0 Å². The number of nitrogens with two attached hydrogens (primary N) is 1. The lowest BCUT2D eigenvalue weighted by atomic mass is 10.0. The highest BCUT2D eigenvalue weighted by Crippen LogP contribution is 2.40. The van der Waals surface area contributed by atoms with Crippen molar-refractivity contribution in [3.63, 3.8) is 0 Å². The lowest BCUT2D eigenvalue weighted by molar-refractivity contribution is 0.406. The molecule has 3 nitrogen and oxygen atoms in total. The van der Waals surface area contributed by atoms with Gasteiger partial charge < -0.3 is 10.5 Å². The fraction of sp³-hybridized carbons (Fsp3) is 0.643. The van der Waals surface area contributed by atoms with E-state index in [1.807, 2.05) is 13.1 Å². The zero-order valence-electron chi connectivity index (χ0n) is 11.2. The monoisotopic (exact) mass is 234 g/mol. The molecule has 2 rings (SSSR count). The van der Waals surface area contributed by atoms with Crippen LogP contribution in [0, 0.1) is 25.7 Å². The summed E-state index contributed by atoms with van der Waals surface area (Å²) in [4.78, 5) is 4.50. The number of aryl methyl sites for hydroxylation is 1. The van der Waals surface area contributed by atoms with Crippen molar-refractivity contribution in [2.45, 2.75) is 39.7 Å². The zero-order chi connectivity index (χ0) is 12.6. The standard InChI is InChI=1S/C14H22N2O/c1-8-5-11(8)12(15)6-13-10(3)14(17-4)9(2)7-16-13/h7-8,11-12H,5-6,15H2,1-4H3. The fourth-order valence-electron chi connectivity index (χ4n) is 2.60. The second-order valence-electron chi connectivity index (χ2n) is 5.29. The summed E-state index contributed by atoms with van der Waals surface area (Å²) in [6.45, 7) is 6.35. The van der Waals surface area contributed by atoms with E-state index < -0.39 is 0 Å². The Bertz CT molecular complexity index is 417. The molecule has 2 N–H and O–H groups in total. The molecule has 1 aromatic heterocycles. The van der Waals surface area contributed by atoms with Crippen LogP contribution in [0.25, 0.3) is 0 Å². The number of methoxy groups -OCH3 is 1. The minimum atomic E-state index is 0.239. The van der Waals surface area contributed by atoms with Crippen molar-refractivity contribution in [3.8, 4) is 5.75 Å². The van der Waals surface area contributed by atoms with Crippen molar-refractivity contribution < 1.29 is 4.74 Å². The number of ether oxygens (including phenoxy) is 1. The molecule has 3 heteroatoms. The Morgan fingerprint density at radius 2 is 2.18 bits per heavy atom. The predicted octanol–water partition coefficient (Wildman–Crippen LogP) is 2.23. The van der Waals surface area contributed by atoms with E-state index in [0.717, 1.165) is 34.9 Å². The summed E-state index contributed by atoms with van der Waals surface area (Å²) in [5.41, 5.74) is 9.52. The minimum Gasteiger partial charge on any atom is -0.496 e. The highest BCUT2D eigenvalue weighted by atomic mass is 16.5. The Kier molecular flexibility index (Phi) is 3.38. The molecule has 0 aliphatic heterocycles. The van der Waals surface area contributed by atoms with Gasteiger partial charge in [0.05, 0.1) is 7.11 Å². The maximum atomic E-state index is 6.22. The van der Waals surface area contributed by atoms with Gasteiger partial charge in [0.25, 0.3) is 0 Å². The fourth-order valence-corrected chi connectivity index (χ4v) is 2.60. The second kappa shape index (κ2) is 4.65. The van der Waals surface area contributed by atoms with Crippen molar-refractivity contribution in [1.82, 2.24) is 4.98 Å². The Labute approximate surface area is 103 Å². The first kappa shape index (κ1) is 12.4. The van der Waals surface area contributed by atoms with Crippen molar-refractivity contribution in [1.29, 1.82) is 0 Å².